The van der Waals surface area contributed by atoms with Crippen LogP contribution in [-0.2, 0) is 11.4 Å². The van der Waals surface area contributed by atoms with Crippen molar-refractivity contribution in [2.24, 2.45) is 5.16 Å². The van der Waals surface area contributed by atoms with E-state index >= 15 is 0 Å². The van der Waals surface area contributed by atoms with Gasteiger partial charge in [-0.1, -0.05) is 71.0 Å². The lowest BCUT2D eigenvalue weighted by atomic mass is 10.2. The SMILES string of the molecule is C(=N/OCc1nc(-c2ccccc2)no1)/c1ccccc1. The molecule has 0 unspecified atom stereocenters. The van der Waals surface area contributed by atoms with E-state index in [1.807, 2.05) is 60.7 Å². The summed E-state index contributed by atoms with van der Waals surface area (Å²) in [4.78, 5) is 9.39. The highest BCUT2D eigenvalue weighted by Gasteiger charge is 2.07. The second-order valence-electron chi connectivity index (χ2n) is 4.30. The van der Waals surface area contributed by atoms with Crippen molar-refractivity contribution in [3.8, 4) is 11.4 Å². The first-order valence-corrected chi connectivity index (χ1v) is 6.50. The molecular formula is C16H13N3O2. The van der Waals surface area contributed by atoms with Gasteiger partial charge in [-0.2, -0.15) is 4.98 Å². The molecule has 1 aromatic heterocycles. The van der Waals surface area contributed by atoms with E-state index < -0.39 is 0 Å². The number of hydrogen-bond donors (Lipinski definition) is 0. The van der Waals surface area contributed by atoms with Crippen molar-refractivity contribution in [3.05, 3.63) is 72.1 Å². The summed E-state index contributed by atoms with van der Waals surface area (Å²) >= 11 is 0. The average Bonchev–Trinajstić information content (AvgIpc) is 3.02. The smallest absolute Gasteiger partial charge is 0.267 e. The normalized spacial score (nSPS) is 10.9. The molecule has 0 N–H and O–H groups in total. The van der Waals surface area contributed by atoms with E-state index in [0.717, 1.165) is 11.1 Å². The summed E-state index contributed by atoms with van der Waals surface area (Å²) in [5.74, 6) is 0.931. The Morgan fingerprint density at radius 2 is 1.71 bits per heavy atom. The van der Waals surface area contributed by atoms with Crippen molar-refractivity contribution < 1.29 is 9.36 Å². The number of hydrogen-bond acceptors (Lipinski definition) is 5. The van der Waals surface area contributed by atoms with Crippen molar-refractivity contribution >= 4 is 6.21 Å². The molecule has 0 aliphatic heterocycles. The molecule has 104 valence electrons. The second kappa shape index (κ2) is 6.47. The van der Waals surface area contributed by atoms with Gasteiger partial charge in [-0.3, -0.25) is 0 Å². The van der Waals surface area contributed by atoms with Crippen molar-refractivity contribution in [1.29, 1.82) is 0 Å². The number of nitrogens with zero attached hydrogens (tertiary/aromatic N) is 3. The van der Waals surface area contributed by atoms with Gasteiger partial charge >= 0.3 is 0 Å². The summed E-state index contributed by atoms with van der Waals surface area (Å²) in [7, 11) is 0. The van der Waals surface area contributed by atoms with E-state index in [1.54, 1.807) is 6.21 Å². The van der Waals surface area contributed by atoms with E-state index in [9.17, 15) is 0 Å². The molecule has 3 rings (SSSR count). The quantitative estimate of drug-likeness (QED) is 0.531. The Morgan fingerprint density at radius 3 is 2.48 bits per heavy atom. The predicted molar refractivity (Wildman–Crippen MR) is 78.6 cm³/mol. The third-order valence-corrected chi connectivity index (χ3v) is 2.76. The van der Waals surface area contributed by atoms with E-state index in [-0.39, 0.29) is 6.61 Å². The molecule has 0 amide bonds. The molecule has 21 heavy (non-hydrogen) atoms. The van der Waals surface area contributed by atoms with Gasteiger partial charge < -0.3 is 9.36 Å². The van der Waals surface area contributed by atoms with Crippen molar-refractivity contribution in [2.75, 3.05) is 0 Å². The first kappa shape index (κ1) is 13.1. The van der Waals surface area contributed by atoms with E-state index in [1.165, 1.54) is 0 Å². The number of oxime groups is 1. The first-order valence-electron chi connectivity index (χ1n) is 6.50. The Morgan fingerprint density at radius 1 is 1.00 bits per heavy atom. The lowest BCUT2D eigenvalue weighted by molar-refractivity contribution is 0.107. The Hall–Kier alpha value is -2.95. The molecular weight excluding hydrogens is 266 g/mol. The summed E-state index contributed by atoms with van der Waals surface area (Å²) < 4.78 is 5.11. The zero-order chi connectivity index (χ0) is 14.3. The summed E-state index contributed by atoms with van der Waals surface area (Å²) in [5.41, 5.74) is 1.87. The minimum atomic E-state index is 0.142. The molecule has 5 nitrogen and oxygen atoms in total. The number of rotatable bonds is 5. The molecule has 2 aromatic carbocycles. The first-order chi connectivity index (χ1) is 10.4. The van der Waals surface area contributed by atoms with Crippen molar-refractivity contribution in [1.82, 2.24) is 10.1 Å². The molecule has 0 fully saturated rings. The predicted octanol–water partition coefficient (Wildman–Crippen LogP) is 3.29. The largest absolute Gasteiger partial charge is 0.386 e. The van der Waals surface area contributed by atoms with Crippen LogP contribution < -0.4 is 0 Å². The summed E-state index contributed by atoms with van der Waals surface area (Å²) in [6, 6.07) is 19.3. The maximum atomic E-state index is 5.15. The third kappa shape index (κ3) is 3.54. The lowest BCUT2D eigenvalue weighted by Gasteiger charge is -1.93. The van der Waals surface area contributed by atoms with Crippen LogP contribution in [0.2, 0.25) is 0 Å². The van der Waals surface area contributed by atoms with E-state index in [0.29, 0.717) is 11.7 Å². The number of aromatic nitrogens is 2. The maximum Gasteiger partial charge on any atom is 0.267 e. The highest BCUT2D eigenvalue weighted by molar-refractivity contribution is 5.78. The molecule has 5 heteroatoms. The van der Waals surface area contributed by atoms with Crippen LogP contribution in [0.15, 0.2) is 70.3 Å². The summed E-state index contributed by atoms with van der Waals surface area (Å²) in [5, 5.41) is 7.77. The molecule has 0 saturated heterocycles. The molecule has 0 radical (unpaired) electrons. The highest BCUT2D eigenvalue weighted by atomic mass is 16.6. The fourth-order valence-electron chi connectivity index (χ4n) is 1.75. The number of benzene rings is 2. The molecule has 0 bridgehead atoms. The molecule has 0 saturated carbocycles. The summed E-state index contributed by atoms with van der Waals surface area (Å²) in [6.45, 7) is 0.142. The van der Waals surface area contributed by atoms with Gasteiger partial charge in [0.15, 0.2) is 6.61 Å². The van der Waals surface area contributed by atoms with Crippen molar-refractivity contribution in [3.63, 3.8) is 0 Å². The van der Waals surface area contributed by atoms with Crippen molar-refractivity contribution in [2.45, 2.75) is 6.61 Å². The van der Waals surface area contributed by atoms with Gasteiger partial charge in [-0.25, -0.2) is 0 Å². The Balaban J connectivity index is 1.57. The van der Waals surface area contributed by atoms with Crippen LogP contribution in [-0.4, -0.2) is 16.4 Å². The zero-order valence-corrected chi connectivity index (χ0v) is 11.2. The van der Waals surface area contributed by atoms with Gasteiger partial charge in [0.05, 0.1) is 6.21 Å². The highest BCUT2D eigenvalue weighted by Crippen LogP contribution is 2.14. The Kier molecular flexibility index (Phi) is 4.02. The molecule has 0 aliphatic rings. The topological polar surface area (TPSA) is 60.5 Å². The maximum absolute atomic E-state index is 5.15. The van der Waals surface area contributed by atoms with Crippen LogP contribution in [0.25, 0.3) is 11.4 Å². The fraction of sp³-hybridized carbons (Fsp3) is 0.0625. The zero-order valence-electron chi connectivity index (χ0n) is 11.2. The lowest BCUT2D eigenvalue weighted by Crippen LogP contribution is -1.88. The standard InChI is InChI=1S/C16H13N3O2/c1-3-7-13(8-4-1)11-17-20-12-15-18-16(19-21-15)14-9-5-2-6-10-14/h1-11H,12H2/b17-11-. The monoisotopic (exact) mass is 279 g/mol. The van der Waals surface area contributed by atoms with Crippen LogP contribution >= 0.6 is 0 Å². The molecule has 1 heterocycles. The van der Waals surface area contributed by atoms with Gasteiger partial charge in [0.1, 0.15) is 0 Å². The third-order valence-electron chi connectivity index (χ3n) is 2.76. The second-order valence-corrected chi connectivity index (χ2v) is 4.30. The minimum Gasteiger partial charge on any atom is -0.386 e. The average molecular weight is 279 g/mol. The van der Waals surface area contributed by atoms with Crippen LogP contribution in [0, 0.1) is 0 Å². The Bertz CT molecular complexity index is 709. The summed E-state index contributed by atoms with van der Waals surface area (Å²) in [6.07, 6.45) is 1.63. The van der Waals surface area contributed by atoms with E-state index in [4.69, 9.17) is 9.36 Å². The van der Waals surface area contributed by atoms with Crippen LogP contribution in [0.1, 0.15) is 11.5 Å². The van der Waals surface area contributed by atoms with Gasteiger partial charge in [-0.15, -0.1) is 0 Å². The van der Waals surface area contributed by atoms with Crippen LogP contribution in [0.4, 0.5) is 0 Å². The van der Waals surface area contributed by atoms with Crippen LogP contribution in [0.5, 0.6) is 0 Å². The van der Waals surface area contributed by atoms with Crippen LogP contribution in [0.3, 0.4) is 0 Å². The van der Waals surface area contributed by atoms with Gasteiger partial charge in [0.25, 0.3) is 5.89 Å². The molecule has 0 aliphatic carbocycles. The van der Waals surface area contributed by atoms with Gasteiger partial charge in [0.2, 0.25) is 5.82 Å². The molecule has 3 aromatic rings. The molecule has 0 atom stereocenters. The fourth-order valence-corrected chi connectivity index (χ4v) is 1.75. The van der Waals surface area contributed by atoms with Gasteiger partial charge in [0, 0.05) is 5.56 Å². The Labute approximate surface area is 121 Å². The van der Waals surface area contributed by atoms with Gasteiger partial charge in [-0.05, 0) is 5.56 Å². The minimum absolute atomic E-state index is 0.142. The molecule has 0 spiro atoms. The van der Waals surface area contributed by atoms with E-state index in [2.05, 4.69) is 15.3 Å².